The molecule has 1 aliphatic heterocycles. The van der Waals surface area contributed by atoms with Crippen LogP contribution in [-0.4, -0.2) is 31.6 Å². The summed E-state index contributed by atoms with van der Waals surface area (Å²) in [5, 5.41) is 6.35. The first-order valence-corrected chi connectivity index (χ1v) is 6.54. The first kappa shape index (κ1) is 15.8. The molecule has 2 rings (SSSR count). The second-order valence-electron chi connectivity index (χ2n) is 4.46. The van der Waals surface area contributed by atoms with E-state index in [2.05, 4.69) is 10.6 Å². The molecule has 0 saturated carbocycles. The molecular formula is C14H21ClN2O2. The molecule has 0 spiro atoms. The van der Waals surface area contributed by atoms with Crippen LogP contribution in [0.3, 0.4) is 0 Å². The van der Waals surface area contributed by atoms with Gasteiger partial charge in [0.2, 0.25) is 0 Å². The quantitative estimate of drug-likeness (QED) is 0.889. The highest BCUT2D eigenvalue weighted by Gasteiger charge is 2.16. The number of rotatable bonds is 4. The first-order chi connectivity index (χ1) is 8.79. The van der Waals surface area contributed by atoms with Crippen molar-refractivity contribution in [2.45, 2.75) is 25.8 Å². The Balaban J connectivity index is 0.00000180. The summed E-state index contributed by atoms with van der Waals surface area (Å²) in [6.45, 7) is 4.54. The second-order valence-corrected chi connectivity index (χ2v) is 4.46. The zero-order valence-electron chi connectivity index (χ0n) is 11.1. The number of nitrogens with one attached hydrogen (secondary N) is 2. The predicted octanol–water partition coefficient (Wildman–Crippen LogP) is 1.99. The highest BCUT2D eigenvalue weighted by atomic mass is 35.5. The number of piperidine rings is 1. The van der Waals surface area contributed by atoms with E-state index in [9.17, 15) is 4.79 Å². The molecular weight excluding hydrogens is 264 g/mol. The van der Waals surface area contributed by atoms with Gasteiger partial charge in [0.05, 0.1) is 6.61 Å². The van der Waals surface area contributed by atoms with Crippen LogP contribution < -0.4 is 15.4 Å². The molecule has 1 amide bonds. The van der Waals surface area contributed by atoms with E-state index in [0.29, 0.717) is 18.2 Å². The topological polar surface area (TPSA) is 50.4 Å². The van der Waals surface area contributed by atoms with Crippen molar-refractivity contribution >= 4 is 18.3 Å². The van der Waals surface area contributed by atoms with Crippen LogP contribution in [0.1, 0.15) is 30.1 Å². The van der Waals surface area contributed by atoms with Crippen LogP contribution in [0, 0.1) is 0 Å². The average molecular weight is 285 g/mol. The van der Waals surface area contributed by atoms with Crippen LogP contribution in [0.5, 0.6) is 5.75 Å². The summed E-state index contributed by atoms with van der Waals surface area (Å²) in [6, 6.07) is 7.58. The minimum atomic E-state index is 0. The molecule has 1 heterocycles. The van der Waals surface area contributed by atoms with Gasteiger partial charge in [0.25, 0.3) is 5.91 Å². The van der Waals surface area contributed by atoms with Crippen LogP contribution in [-0.2, 0) is 0 Å². The van der Waals surface area contributed by atoms with Gasteiger partial charge in [-0.05, 0) is 57.1 Å². The SMILES string of the molecule is CCOc1ccc(C(=O)NC2CCNCC2)cc1.Cl. The number of carbonyl (C=O) groups excluding carboxylic acids is 1. The lowest BCUT2D eigenvalue weighted by molar-refractivity contribution is 0.0929. The van der Waals surface area contributed by atoms with Crippen molar-refractivity contribution in [1.29, 1.82) is 0 Å². The third-order valence-electron chi connectivity index (χ3n) is 3.10. The van der Waals surface area contributed by atoms with Gasteiger partial charge in [0.1, 0.15) is 5.75 Å². The van der Waals surface area contributed by atoms with Crippen molar-refractivity contribution in [3.63, 3.8) is 0 Å². The molecule has 1 aromatic carbocycles. The molecule has 1 fully saturated rings. The molecule has 19 heavy (non-hydrogen) atoms. The first-order valence-electron chi connectivity index (χ1n) is 6.54. The molecule has 2 N–H and O–H groups in total. The molecule has 1 saturated heterocycles. The van der Waals surface area contributed by atoms with Gasteiger partial charge in [-0.2, -0.15) is 0 Å². The Morgan fingerprint density at radius 3 is 2.53 bits per heavy atom. The lowest BCUT2D eigenvalue weighted by Crippen LogP contribution is -2.42. The third-order valence-corrected chi connectivity index (χ3v) is 3.10. The fourth-order valence-corrected chi connectivity index (χ4v) is 2.10. The highest BCUT2D eigenvalue weighted by Crippen LogP contribution is 2.12. The minimum Gasteiger partial charge on any atom is -0.494 e. The lowest BCUT2D eigenvalue weighted by Gasteiger charge is -2.23. The maximum absolute atomic E-state index is 12.0. The smallest absolute Gasteiger partial charge is 0.251 e. The molecule has 0 aromatic heterocycles. The summed E-state index contributed by atoms with van der Waals surface area (Å²) in [7, 11) is 0. The van der Waals surface area contributed by atoms with E-state index in [0.717, 1.165) is 31.7 Å². The zero-order chi connectivity index (χ0) is 12.8. The van der Waals surface area contributed by atoms with Gasteiger partial charge in [-0.15, -0.1) is 12.4 Å². The number of benzene rings is 1. The summed E-state index contributed by atoms with van der Waals surface area (Å²) in [4.78, 5) is 12.0. The predicted molar refractivity (Wildman–Crippen MR) is 78.2 cm³/mol. The van der Waals surface area contributed by atoms with E-state index in [-0.39, 0.29) is 18.3 Å². The molecule has 106 valence electrons. The van der Waals surface area contributed by atoms with Gasteiger partial charge in [0.15, 0.2) is 0 Å². The average Bonchev–Trinajstić information content (AvgIpc) is 2.41. The molecule has 5 heteroatoms. The van der Waals surface area contributed by atoms with Crippen LogP contribution >= 0.6 is 12.4 Å². The fourth-order valence-electron chi connectivity index (χ4n) is 2.10. The molecule has 1 aromatic rings. The zero-order valence-corrected chi connectivity index (χ0v) is 12.0. The van der Waals surface area contributed by atoms with E-state index in [4.69, 9.17) is 4.74 Å². The van der Waals surface area contributed by atoms with Crippen molar-refractivity contribution < 1.29 is 9.53 Å². The Labute approximate surface area is 120 Å². The lowest BCUT2D eigenvalue weighted by atomic mass is 10.1. The number of carbonyl (C=O) groups is 1. The summed E-state index contributed by atoms with van der Waals surface area (Å²) in [5.74, 6) is 0.806. The number of ether oxygens (including phenoxy) is 1. The van der Waals surface area contributed by atoms with Crippen molar-refractivity contribution in [1.82, 2.24) is 10.6 Å². The van der Waals surface area contributed by atoms with E-state index >= 15 is 0 Å². The molecule has 0 radical (unpaired) electrons. The number of hydrogen-bond donors (Lipinski definition) is 2. The third kappa shape index (κ3) is 4.73. The molecule has 0 atom stereocenters. The van der Waals surface area contributed by atoms with Crippen LogP contribution in [0.15, 0.2) is 24.3 Å². The largest absolute Gasteiger partial charge is 0.494 e. The van der Waals surface area contributed by atoms with Crippen molar-refractivity contribution in [2.75, 3.05) is 19.7 Å². The van der Waals surface area contributed by atoms with Crippen LogP contribution in [0.2, 0.25) is 0 Å². The standard InChI is InChI=1S/C14H20N2O2.ClH/c1-2-18-13-5-3-11(4-6-13)14(17)16-12-7-9-15-10-8-12;/h3-6,12,15H,2,7-10H2,1H3,(H,16,17);1H. The van der Waals surface area contributed by atoms with E-state index in [1.165, 1.54) is 0 Å². The summed E-state index contributed by atoms with van der Waals surface area (Å²) in [6.07, 6.45) is 2.01. The van der Waals surface area contributed by atoms with Crippen molar-refractivity contribution in [2.24, 2.45) is 0 Å². The van der Waals surface area contributed by atoms with Gasteiger partial charge in [0, 0.05) is 11.6 Å². The summed E-state index contributed by atoms with van der Waals surface area (Å²) >= 11 is 0. The van der Waals surface area contributed by atoms with Gasteiger partial charge in [-0.1, -0.05) is 0 Å². The van der Waals surface area contributed by atoms with Crippen molar-refractivity contribution in [3.8, 4) is 5.75 Å². The molecule has 0 aliphatic carbocycles. The Bertz CT molecular complexity index is 389. The van der Waals surface area contributed by atoms with Crippen molar-refractivity contribution in [3.05, 3.63) is 29.8 Å². The number of halogens is 1. The normalized spacial score (nSPS) is 15.4. The molecule has 1 aliphatic rings. The van der Waals surface area contributed by atoms with E-state index < -0.39 is 0 Å². The van der Waals surface area contributed by atoms with Gasteiger partial charge in [-0.3, -0.25) is 4.79 Å². The van der Waals surface area contributed by atoms with Crippen LogP contribution in [0.25, 0.3) is 0 Å². The maximum atomic E-state index is 12.0. The summed E-state index contributed by atoms with van der Waals surface area (Å²) in [5.41, 5.74) is 0.692. The molecule has 0 unspecified atom stereocenters. The van der Waals surface area contributed by atoms with E-state index in [1.54, 1.807) is 12.1 Å². The Morgan fingerprint density at radius 2 is 1.95 bits per heavy atom. The van der Waals surface area contributed by atoms with Gasteiger partial charge >= 0.3 is 0 Å². The Hall–Kier alpha value is -1.26. The Kier molecular flexibility index (Phi) is 6.67. The molecule has 0 bridgehead atoms. The van der Waals surface area contributed by atoms with E-state index in [1.807, 2.05) is 19.1 Å². The second kappa shape index (κ2) is 8.02. The maximum Gasteiger partial charge on any atom is 0.251 e. The number of hydrogen-bond acceptors (Lipinski definition) is 3. The van der Waals surface area contributed by atoms with Crippen LogP contribution in [0.4, 0.5) is 0 Å². The monoisotopic (exact) mass is 284 g/mol. The molecule has 4 nitrogen and oxygen atoms in total. The highest BCUT2D eigenvalue weighted by molar-refractivity contribution is 5.94. The number of amides is 1. The van der Waals surface area contributed by atoms with Gasteiger partial charge in [-0.25, -0.2) is 0 Å². The van der Waals surface area contributed by atoms with Gasteiger partial charge < -0.3 is 15.4 Å². The Morgan fingerprint density at radius 1 is 1.32 bits per heavy atom. The summed E-state index contributed by atoms with van der Waals surface area (Å²) < 4.78 is 5.35. The fraction of sp³-hybridized carbons (Fsp3) is 0.500. The minimum absolute atomic E-state index is 0.